The number of carbonyl (C=O) groups is 1. The van der Waals surface area contributed by atoms with E-state index in [4.69, 9.17) is 21.8 Å². The van der Waals surface area contributed by atoms with Gasteiger partial charge in [-0.05, 0) is 31.0 Å². The van der Waals surface area contributed by atoms with Crippen LogP contribution in [-0.2, 0) is 0 Å². The number of fused-ring (bicyclic) bond motifs is 2. The number of aliphatic hydroxyl groups excluding tert-OH is 1. The molecule has 1 atom stereocenters. The van der Waals surface area contributed by atoms with Crippen molar-refractivity contribution in [1.29, 1.82) is 0 Å². The van der Waals surface area contributed by atoms with Crippen LogP contribution >= 0.6 is 11.6 Å². The van der Waals surface area contributed by atoms with E-state index in [2.05, 4.69) is 25.2 Å². The lowest BCUT2D eigenvalue weighted by Gasteiger charge is -2.28. The summed E-state index contributed by atoms with van der Waals surface area (Å²) >= 11 is 6.35. The van der Waals surface area contributed by atoms with Gasteiger partial charge in [0.1, 0.15) is 23.3 Å². The largest absolute Gasteiger partial charge is 0.395 e. The molecule has 0 spiro atoms. The van der Waals surface area contributed by atoms with Gasteiger partial charge in [0.15, 0.2) is 5.82 Å². The van der Waals surface area contributed by atoms with E-state index in [1.165, 1.54) is 10.8 Å². The predicted octanol–water partition coefficient (Wildman–Crippen LogP) is 2.47. The highest BCUT2D eigenvalue weighted by Crippen LogP contribution is 2.38. The van der Waals surface area contributed by atoms with Gasteiger partial charge in [0, 0.05) is 25.5 Å². The molecule has 0 aliphatic carbocycles. The minimum absolute atomic E-state index is 0.133. The zero-order valence-corrected chi connectivity index (χ0v) is 20.4. The number of carbonyl (C=O) groups excluding carboxylic acids is 1. The number of aliphatic hydroxyl groups is 1. The molecule has 11 nitrogen and oxygen atoms in total. The summed E-state index contributed by atoms with van der Waals surface area (Å²) in [4.78, 5) is 40.6. The van der Waals surface area contributed by atoms with Crippen molar-refractivity contribution in [3.05, 3.63) is 81.9 Å². The Labute approximate surface area is 215 Å². The molecular weight excluding hydrogens is 496 g/mol. The van der Waals surface area contributed by atoms with Gasteiger partial charge in [-0.15, -0.1) is 0 Å². The van der Waals surface area contributed by atoms with E-state index in [1.807, 2.05) is 30.3 Å². The summed E-state index contributed by atoms with van der Waals surface area (Å²) in [6, 6.07) is 10.7. The molecule has 0 bridgehead atoms. The third kappa shape index (κ3) is 3.83. The van der Waals surface area contributed by atoms with Crippen molar-refractivity contribution in [3.8, 4) is 5.69 Å². The number of aromatic amines is 1. The van der Waals surface area contributed by atoms with Crippen LogP contribution in [0.1, 0.15) is 35.1 Å². The molecule has 6 rings (SSSR count). The topological polar surface area (TPSA) is 133 Å². The number of para-hydroxylation sites is 1. The maximum Gasteiger partial charge on any atom is 0.284 e. The Kier molecular flexibility index (Phi) is 5.85. The van der Waals surface area contributed by atoms with Crippen molar-refractivity contribution in [1.82, 2.24) is 34.4 Å². The summed E-state index contributed by atoms with van der Waals surface area (Å²) in [6.07, 6.45) is 6.28. The highest BCUT2D eigenvalue weighted by molar-refractivity contribution is 6.33. The Hall–Kier alpha value is -4.22. The van der Waals surface area contributed by atoms with Crippen LogP contribution in [0.4, 0.5) is 5.82 Å². The highest BCUT2D eigenvalue weighted by atomic mass is 35.5. The Bertz CT molecular complexity index is 1680. The average Bonchev–Trinajstić information content (AvgIpc) is 3.66. The zero-order valence-electron chi connectivity index (χ0n) is 19.6. The van der Waals surface area contributed by atoms with E-state index in [9.17, 15) is 9.59 Å². The number of rotatable bonds is 6. The first-order valence-electron chi connectivity index (χ1n) is 11.9. The van der Waals surface area contributed by atoms with Gasteiger partial charge in [-0.1, -0.05) is 29.8 Å². The lowest BCUT2D eigenvalue weighted by molar-refractivity contribution is 0.0946. The van der Waals surface area contributed by atoms with Crippen LogP contribution in [0.25, 0.3) is 22.2 Å². The molecule has 0 radical (unpaired) electrons. The first-order chi connectivity index (χ1) is 18.1. The number of halogens is 1. The third-order valence-electron chi connectivity index (χ3n) is 6.59. The number of nitrogens with one attached hydrogen (secondary N) is 2. The summed E-state index contributed by atoms with van der Waals surface area (Å²) in [5.74, 6) is 0.777. The van der Waals surface area contributed by atoms with Crippen LogP contribution in [0.15, 0.2) is 59.9 Å². The fourth-order valence-electron chi connectivity index (χ4n) is 4.99. The quantitative estimate of drug-likeness (QED) is 0.314. The molecule has 3 N–H and O–H groups in total. The number of aromatic nitrogens is 6. The summed E-state index contributed by atoms with van der Waals surface area (Å²) in [5, 5.41) is 17.6. The summed E-state index contributed by atoms with van der Waals surface area (Å²) < 4.78 is 3.13. The van der Waals surface area contributed by atoms with Gasteiger partial charge in [-0.2, -0.15) is 5.10 Å². The zero-order chi connectivity index (χ0) is 25.5. The minimum Gasteiger partial charge on any atom is -0.395 e. The van der Waals surface area contributed by atoms with Crippen molar-refractivity contribution < 1.29 is 9.90 Å². The van der Waals surface area contributed by atoms with E-state index in [0.717, 1.165) is 12.8 Å². The molecule has 4 aromatic heterocycles. The molecule has 37 heavy (non-hydrogen) atoms. The molecular formula is C25H23ClN8O3. The molecule has 1 saturated heterocycles. The van der Waals surface area contributed by atoms with Crippen LogP contribution in [-0.4, -0.2) is 59.8 Å². The standard InChI is InChI=1S/C25H23ClN8O3/c26-17-8-11-33-20(17)25(37)34(15-5-2-1-3-6-15)22(31-33)18-7-4-10-32(18)23-19-16(24(36)27-9-12-35)13-28-21(19)29-14-30-23/h1-3,5-6,8,11,13-14,18,35H,4,7,9-10,12H2,(H,27,36)(H,28,29,30). The van der Waals surface area contributed by atoms with Crippen molar-refractivity contribution in [2.45, 2.75) is 18.9 Å². The van der Waals surface area contributed by atoms with Crippen LogP contribution in [0, 0.1) is 0 Å². The van der Waals surface area contributed by atoms with Crippen molar-refractivity contribution >= 4 is 39.9 Å². The van der Waals surface area contributed by atoms with E-state index >= 15 is 0 Å². The van der Waals surface area contributed by atoms with Crippen molar-refractivity contribution in [2.24, 2.45) is 0 Å². The maximum atomic E-state index is 13.7. The molecule has 5 heterocycles. The number of amides is 1. The minimum atomic E-state index is -0.338. The number of hydrogen-bond acceptors (Lipinski definition) is 7. The van der Waals surface area contributed by atoms with Gasteiger partial charge in [0.25, 0.3) is 11.5 Å². The fraction of sp³-hybridized carbons (Fsp3) is 0.240. The molecule has 12 heteroatoms. The fourth-order valence-corrected chi connectivity index (χ4v) is 5.21. The number of hydrogen-bond donors (Lipinski definition) is 3. The van der Waals surface area contributed by atoms with Gasteiger partial charge in [-0.3, -0.25) is 14.2 Å². The van der Waals surface area contributed by atoms with Gasteiger partial charge in [0.05, 0.1) is 34.3 Å². The Morgan fingerprint density at radius 2 is 2.05 bits per heavy atom. The average molecular weight is 519 g/mol. The second kappa shape index (κ2) is 9.34. The van der Waals surface area contributed by atoms with E-state index in [1.54, 1.807) is 23.0 Å². The van der Waals surface area contributed by atoms with E-state index < -0.39 is 0 Å². The van der Waals surface area contributed by atoms with E-state index in [-0.39, 0.29) is 30.7 Å². The van der Waals surface area contributed by atoms with Gasteiger partial charge >= 0.3 is 0 Å². The second-order valence-electron chi connectivity index (χ2n) is 8.75. The smallest absolute Gasteiger partial charge is 0.284 e. The van der Waals surface area contributed by atoms with Crippen LogP contribution in [0.3, 0.4) is 0 Å². The Morgan fingerprint density at radius 3 is 2.86 bits per heavy atom. The maximum absolute atomic E-state index is 13.7. The molecule has 1 aromatic carbocycles. The molecule has 1 unspecified atom stereocenters. The third-order valence-corrected chi connectivity index (χ3v) is 6.90. The molecule has 1 aliphatic rings. The molecule has 1 fully saturated rings. The Morgan fingerprint density at radius 1 is 1.22 bits per heavy atom. The lowest BCUT2D eigenvalue weighted by atomic mass is 10.1. The summed E-state index contributed by atoms with van der Waals surface area (Å²) in [5.41, 5.74) is 1.62. The molecule has 5 aromatic rings. The number of H-pyrrole nitrogens is 1. The van der Waals surface area contributed by atoms with Crippen LogP contribution in [0.2, 0.25) is 5.02 Å². The predicted molar refractivity (Wildman–Crippen MR) is 138 cm³/mol. The van der Waals surface area contributed by atoms with Crippen molar-refractivity contribution in [3.63, 3.8) is 0 Å². The van der Waals surface area contributed by atoms with Gasteiger partial charge < -0.3 is 20.3 Å². The number of anilines is 1. The SMILES string of the molecule is O=C(NCCO)c1c[nH]c2ncnc(N3CCCC3c3nn4ccc(Cl)c4c(=O)n3-c3ccccc3)c12. The van der Waals surface area contributed by atoms with Gasteiger partial charge in [-0.25, -0.2) is 14.5 Å². The normalized spacial score (nSPS) is 15.6. The second-order valence-corrected chi connectivity index (χ2v) is 9.15. The molecule has 0 saturated carbocycles. The monoisotopic (exact) mass is 518 g/mol. The van der Waals surface area contributed by atoms with Crippen molar-refractivity contribution in [2.75, 3.05) is 24.6 Å². The summed E-state index contributed by atoms with van der Waals surface area (Å²) in [6.45, 7) is 0.614. The molecule has 1 aliphatic heterocycles. The first kappa shape index (κ1) is 23.2. The molecule has 1 amide bonds. The summed E-state index contributed by atoms with van der Waals surface area (Å²) in [7, 11) is 0. The first-order valence-corrected chi connectivity index (χ1v) is 12.3. The van der Waals surface area contributed by atoms with Crippen LogP contribution in [0.5, 0.6) is 0 Å². The van der Waals surface area contributed by atoms with E-state index in [0.29, 0.717) is 51.0 Å². The number of nitrogens with zero attached hydrogens (tertiary/aromatic N) is 6. The highest BCUT2D eigenvalue weighted by Gasteiger charge is 2.34. The van der Waals surface area contributed by atoms with Crippen LogP contribution < -0.4 is 15.8 Å². The number of benzene rings is 1. The van der Waals surface area contributed by atoms with Gasteiger partial charge in [0.2, 0.25) is 0 Å². The molecule has 188 valence electrons. The Balaban J connectivity index is 1.53. The lowest BCUT2D eigenvalue weighted by Crippen LogP contribution is -2.33.